The Hall–Kier alpha value is -7.14. The first-order valence-electron chi connectivity index (χ1n) is 20.0. The number of carbonyl (C=O) groups excluding carboxylic acids is 2. The number of nitrogens with zero attached hydrogens (tertiary/aromatic N) is 4. The first-order valence-corrected chi connectivity index (χ1v) is 20.0. The fraction of sp³-hybridized carbons (Fsp3) is 0.261. The van der Waals surface area contributed by atoms with E-state index in [9.17, 15) is 30.0 Å². The van der Waals surface area contributed by atoms with E-state index in [1.165, 1.54) is 24.3 Å². The van der Waals surface area contributed by atoms with Crippen LogP contribution in [0, 0.1) is 0 Å². The predicted molar refractivity (Wildman–Crippen MR) is 219 cm³/mol. The lowest BCUT2D eigenvalue weighted by Crippen LogP contribution is -2.32. The van der Waals surface area contributed by atoms with Gasteiger partial charge in [-0.1, -0.05) is 35.5 Å². The maximum atomic E-state index is 13.1. The monoisotopic (exact) mass is 842 g/mol. The van der Waals surface area contributed by atoms with Crippen LogP contribution in [0.15, 0.2) is 97.2 Å². The summed E-state index contributed by atoms with van der Waals surface area (Å²) in [5, 5.41) is 50.0. The van der Waals surface area contributed by atoms with Crippen LogP contribution in [0.2, 0.25) is 0 Å². The van der Waals surface area contributed by atoms with E-state index in [0.717, 1.165) is 0 Å². The highest BCUT2D eigenvalue weighted by atomic mass is 16.6. The summed E-state index contributed by atoms with van der Waals surface area (Å²) in [4.78, 5) is 28.0. The zero-order chi connectivity index (χ0) is 43.0. The number of Topliss-reactive ketones (excluding diaryl/α,β-unsaturated/α-hetero) is 1. The number of hydrogen-bond acceptors (Lipinski definition) is 15. The molecule has 2 unspecified atom stereocenters. The topological polar surface area (TPSA) is 204 Å². The lowest BCUT2D eigenvalue weighted by molar-refractivity contribution is 0.0224. The van der Waals surface area contributed by atoms with Gasteiger partial charge < -0.3 is 48.8 Å². The number of ether oxygens (including phenoxy) is 6. The van der Waals surface area contributed by atoms with E-state index < -0.39 is 17.7 Å². The number of rotatable bonds is 15. The number of fused-ring (bicyclic) bond motifs is 7. The van der Waals surface area contributed by atoms with E-state index in [1.807, 2.05) is 30.1 Å². The standard InChI is InChI=1S/C46H42N4O12/c1-49(25-33-37(53)22-42-43(44(33)55)38(54)23-39(60-42)27-6-8-29(51)9-7-27)14-16-57-18-19-58-17-15-50-24-28(47-48-50)26-59-31-11-13-36-41(21-31)61-40-20-30(52)10-12-35(40)46(36)34-5-3-2-4-32(34)45(56)62-46/h2-13,20-22,24,39,51-53,55H,14-19,23,25-26H2,1H3. The van der Waals surface area contributed by atoms with Crippen molar-refractivity contribution in [3.05, 3.63) is 142 Å². The number of phenolic OH excluding ortho intramolecular Hbond substituents is 4. The molecule has 16 heteroatoms. The molecule has 3 aliphatic rings. The molecular weight excluding hydrogens is 801 g/mol. The molecule has 6 aromatic rings. The molecule has 0 bridgehead atoms. The second kappa shape index (κ2) is 16.7. The first kappa shape index (κ1) is 40.3. The number of phenols is 4. The van der Waals surface area contributed by atoms with Crippen molar-refractivity contribution < 1.29 is 58.4 Å². The van der Waals surface area contributed by atoms with Gasteiger partial charge in [0.15, 0.2) is 11.4 Å². The van der Waals surface area contributed by atoms with Crippen molar-refractivity contribution in [2.24, 2.45) is 0 Å². The number of hydrogen-bond donors (Lipinski definition) is 4. The van der Waals surface area contributed by atoms with Crippen LogP contribution in [0.3, 0.4) is 0 Å². The fourth-order valence-electron chi connectivity index (χ4n) is 7.99. The maximum absolute atomic E-state index is 13.1. The third kappa shape index (κ3) is 7.70. The van der Waals surface area contributed by atoms with Crippen molar-refractivity contribution in [1.29, 1.82) is 0 Å². The fourth-order valence-corrected chi connectivity index (χ4v) is 7.99. The largest absolute Gasteiger partial charge is 0.508 e. The molecule has 4 N–H and O–H groups in total. The molecule has 5 aromatic carbocycles. The van der Waals surface area contributed by atoms with E-state index in [1.54, 1.807) is 59.4 Å². The Labute approximate surface area is 355 Å². The SMILES string of the molecule is CN(CCOCCOCCn1cc(COc2ccc3c(c2)Oc2cc(O)ccc2C32OC(=O)c3ccccc32)nn1)Cc1c(O)cc2c(c1O)C(=O)CC(c1ccc(O)cc1)O2. The Morgan fingerprint density at radius 2 is 1.56 bits per heavy atom. The van der Waals surface area contributed by atoms with E-state index in [2.05, 4.69) is 10.3 Å². The molecule has 4 heterocycles. The van der Waals surface area contributed by atoms with Crippen LogP contribution in [0.25, 0.3) is 0 Å². The molecule has 3 aliphatic heterocycles. The Balaban J connectivity index is 0.711. The van der Waals surface area contributed by atoms with Gasteiger partial charge in [-0.25, -0.2) is 9.48 Å². The first-order chi connectivity index (χ1) is 30.1. The molecule has 1 spiro atoms. The van der Waals surface area contributed by atoms with Gasteiger partial charge in [-0.15, -0.1) is 5.10 Å². The molecule has 318 valence electrons. The third-order valence-corrected chi connectivity index (χ3v) is 11.1. The second-order valence-electron chi connectivity index (χ2n) is 15.2. The van der Waals surface area contributed by atoms with Gasteiger partial charge in [0.05, 0.1) is 56.7 Å². The minimum absolute atomic E-state index is 0.00898. The zero-order valence-electron chi connectivity index (χ0n) is 33.5. The lowest BCUT2D eigenvalue weighted by Gasteiger charge is -2.36. The van der Waals surface area contributed by atoms with Crippen LogP contribution in [-0.4, -0.2) is 92.1 Å². The molecule has 0 amide bonds. The molecule has 0 saturated carbocycles. The quantitative estimate of drug-likeness (QED) is 0.0679. The number of likely N-dealkylation sites (N-methyl/N-ethyl adjacent to an activating group) is 1. The number of carbonyl (C=O) groups is 2. The average Bonchev–Trinajstić information content (AvgIpc) is 3.84. The Morgan fingerprint density at radius 1 is 0.823 bits per heavy atom. The van der Waals surface area contributed by atoms with Crippen molar-refractivity contribution in [3.63, 3.8) is 0 Å². The van der Waals surface area contributed by atoms with Gasteiger partial charge in [0, 0.05) is 48.0 Å². The second-order valence-corrected chi connectivity index (χ2v) is 15.2. The Kier molecular flexibility index (Phi) is 10.9. The summed E-state index contributed by atoms with van der Waals surface area (Å²) >= 11 is 0. The smallest absolute Gasteiger partial charge is 0.340 e. The van der Waals surface area contributed by atoms with Crippen LogP contribution >= 0.6 is 0 Å². The minimum Gasteiger partial charge on any atom is -0.508 e. The summed E-state index contributed by atoms with van der Waals surface area (Å²) in [6.07, 6.45) is 1.17. The molecule has 62 heavy (non-hydrogen) atoms. The minimum atomic E-state index is -1.25. The van der Waals surface area contributed by atoms with Crippen LogP contribution in [0.1, 0.15) is 66.8 Å². The highest BCUT2D eigenvalue weighted by Crippen LogP contribution is 2.57. The normalized spacial score (nSPS) is 17.2. The van der Waals surface area contributed by atoms with Gasteiger partial charge in [0.25, 0.3) is 0 Å². The number of benzene rings is 5. The summed E-state index contributed by atoms with van der Waals surface area (Å²) < 4.78 is 37.5. The highest BCUT2D eigenvalue weighted by Gasteiger charge is 2.53. The number of aromatic hydroxyl groups is 4. The maximum Gasteiger partial charge on any atom is 0.340 e. The molecule has 16 nitrogen and oxygen atoms in total. The number of aromatic nitrogens is 3. The summed E-state index contributed by atoms with van der Waals surface area (Å²) in [5.74, 6) is 0.259. The van der Waals surface area contributed by atoms with Crippen molar-refractivity contribution in [2.45, 2.75) is 37.8 Å². The molecule has 9 rings (SSSR count). The summed E-state index contributed by atoms with van der Waals surface area (Å²) in [6, 6.07) is 25.0. The number of ketones is 1. The molecule has 1 aromatic heterocycles. The molecule has 0 fully saturated rings. The van der Waals surface area contributed by atoms with E-state index in [0.29, 0.717) is 90.3 Å². The van der Waals surface area contributed by atoms with E-state index >= 15 is 0 Å². The van der Waals surface area contributed by atoms with Crippen LogP contribution in [-0.2, 0) is 39.5 Å². The van der Waals surface area contributed by atoms with Crippen LogP contribution in [0.4, 0.5) is 0 Å². The van der Waals surface area contributed by atoms with Gasteiger partial charge in [-0.05, 0) is 55.1 Å². The van der Waals surface area contributed by atoms with Gasteiger partial charge >= 0.3 is 5.97 Å². The lowest BCUT2D eigenvalue weighted by atomic mass is 9.77. The molecular formula is C46H42N4O12. The van der Waals surface area contributed by atoms with Crippen LogP contribution in [0.5, 0.6) is 46.0 Å². The van der Waals surface area contributed by atoms with Crippen molar-refractivity contribution in [3.8, 4) is 46.0 Å². The summed E-state index contributed by atoms with van der Waals surface area (Å²) in [7, 11) is 1.81. The average molecular weight is 843 g/mol. The van der Waals surface area contributed by atoms with E-state index in [-0.39, 0.29) is 65.2 Å². The third-order valence-electron chi connectivity index (χ3n) is 11.1. The van der Waals surface area contributed by atoms with Gasteiger partial charge in [0.1, 0.15) is 70.0 Å². The molecule has 2 atom stereocenters. The summed E-state index contributed by atoms with van der Waals surface area (Å²) in [5.41, 5.74) is 2.70. The molecule has 0 radical (unpaired) electrons. The Morgan fingerprint density at radius 3 is 2.39 bits per heavy atom. The van der Waals surface area contributed by atoms with E-state index in [4.69, 9.17) is 28.4 Å². The molecule has 0 aliphatic carbocycles. The predicted octanol–water partition coefficient (Wildman–Crippen LogP) is 6.12. The van der Waals surface area contributed by atoms with Gasteiger partial charge in [-0.3, -0.25) is 9.69 Å². The Bertz CT molecular complexity index is 2670. The van der Waals surface area contributed by atoms with Crippen molar-refractivity contribution >= 4 is 11.8 Å². The van der Waals surface area contributed by atoms with Crippen LogP contribution < -0.4 is 14.2 Å². The van der Waals surface area contributed by atoms with Crippen molar-refractivity contribution in [1.82, 2.24) is 19.9 Å². The van der Waals surface area contributed by atoms with Gasteiger partial charge in [0.2, 0.25) is 0 Å². The van der Waals surface area contributed by atoms with Gasteiger partial charge in [-0.2, -0.15) is 0 Å². The van der Waals surface area contributed by atoms with Crippen molar-refractivity contribution in [2.75, 3.05) is 40.0 Å². The zero-order valence-corrected chi connectivity index (χ0v) is 33.5. The molecule has 0 saturated heterocycles. The number of esters is 1. The summed E-state index contributed by atoms with van der Waals surface area (Å²) in [6.45, 7) is 2.67. The highest BCUT2D eigenvalue weighted by molar-refractivity contribution is 6.03.